The Morgan fingerprint density at radius 1 is 1.37 bits per heavy atom. The molecule has 0 aromatic carbocycles. The molecule has 0 radical (unpaired) electrons. The number of nitrogens with one attached hydrogen (secondary N) is 1. The first-order chi connectivity index (χ1) is 8.82. The smallest absolute Gasteiger partial charge is 0.322 e. The predicted octanol–water partition coefficient (Wildman–Crippen LogP) is 2.44. The van der Waals surface area contributed by atoms with Gasteiger partial charge < -0.3 is 19.2 Å². The van der Waals surface area contributed by atoms with E-state index < -0.39 is 17.2 Å². The Labute approximate surface area is 116 Å². The summed E-state index contributed by atoms with van der Waals surface area (Å²) in [5.41, 5.74) is -0.826. The van der Waals surface area contributed by atoms with Crippen LogP contribution in [0.15, 0.2) is 18.3 Å². The van der Waals surface area contributed by atoms with Crippen molar-refractivity contribution < 1.29 is 19.0 Å². The molecule has 0 spiro atoms. The van der Waals surface area contributed by atoms with Crippen LogP contribution in [0.2, 0.25) is 0 Å². The Balaban J connectivity index is 2.09. The molecule has 2 rings (SSSR count). The largest absolute Gasteiger partial charge is 0.423 e. The summed E-state index contributed by atoms with van der Waals surface area (Å²) >= 11 is 5.05. The van der Waals surface area contributed by atoms with Gasteiger partial charge in [0.15, 0.2) is 11.5 Å². The molecular weight excluding hydrogens is 266 g/mol. The number of pyridine rings is 1. The molecule has 0 atom stereocenters. The van der Waals surface area contributed by atoms with Crippen molar-refractivity contribution in [2.45, 2.75) is 26.6 Å². The standard InChI is InChI=1S/C13H17NO4S/c1-12(2)16-7-13(3,8-17-12)11(15)18-9-5-4-6-14-10(9)19/h4-6H,7-8H2,1-3H3,(H,14,19). The van der Waals surface area contributed by atoms with Gasteiger partial charge in [0.05, 0.1) is 13.2 Å². The molecule has 1 aliphatic heterocycles. The Morgan fingerprint density at radius 2 is 2.00 bits per heavy atom. The highest BCUT2D eigenvalue weighted by atomic mass is 32.1. The van der Waals surface area contributed by atoms with Crippen LogP contribution in [-0.4, -0.2) is 30.0 Å². The second-order valence-corrected chi connectivity index (χ2v) is 5.70. The van der Waals surface area contributed by atoms with Crippen LogP contribution in [-0.2, 0) is 14.3 Å². The summed E-state index contributed by atoms with van der Waals surface area (Å²) in [4.78, 5) is 15.0. The van der Waals surface area contributed by atoms with Crippen LogP contribution in [0, 0.1) is 10.1 Å². The lowest BCUT2D eigenvalue weighted by molar-refractivity contribution is -0.279. The van der Waals surface area contributed by atoms with Crippen molar-refractivity contribution in [2.24, 2.45) is 5.41 Å². The van der Waals surface area contributed by atoms with Gasteiger partial charge in [0.25, 0.3) is 0 Å². The summed E-state index contributed by atoms with van der Waals surface area (Å²) in [7, 11) is 0. The highest BCUT2D eigenvalue weighted by Gasteiger charge is 2.43. The summed E-state index contributed by atoms with van der Waals surface area (Å²) in [6, 6.07) is 3.37. The molecule has 1 saturated heterocycles. The number of hydrogen-bond acceptors (Lipinski definition) is 5. The zero-order chi connectivity index (χ0) is 14.1. The second-order valence-electron chi connectivity index (χ2n) is 5.29. The first kappa shape index (κ1) is 14.2. The van der Waals surface area contributed by atoms with Crippen LogP contribution in [0.4, 0.5) is 0 Å². The fourth-order valence-electron chi connectivity index (χ4n) is 1.58. The van der Waals surface area contributed by atoms with E-state index >= 15 is 0 Å². The molecule has 1 N–H and O–H groups in total. The lowest BCUT2D eigenvalue weighted by atomic mass is 9.92. The molecule has 0 saturated carbocycles. The Kier molecular flexibility index (Phi) is 3.75. The summed E-state index contributed by atoms with van der Waals surface area (Å²) in [6.45, 7) is 5.88. The molecular formula is C13H17NO4S. The van der Waals surface area contributed by atoms with Gasteiger partial charge in [-0.2, -0.15) is 0 Å². The Bertz CT molecular complexity index is 527. The summed E-state index contributed by atoms with van der Waals surface area (Å²) in [6.07, 6.45) is 1.68. The fraction of sp³-hybridized carbons (Fsp3) is 0.538. The van der Waals surface area contributed by atoms with E-state index in [1.54, 1.807) is 25.3 Å². The van der Waals surface area contributed by atoms with Crippen LogP contribution < -0.4 is 4.74 Å². The quantitative estimate of drug-likeness (QED) is 0.667. The van der Waals surface area contributed by atoms with Crippen molar-refractivity contribution in [1.29, 1.82) is 0 Å². The average Bonchev–Trinajstić information content (AvgIpc) is 2.36. The minimum absolute atomic E-state index is 0.252. The number of rotatable bonds is 2. The molecule has 1 aliphatic rings. The minimum Gasteiger partial charge on any atom is -0.423 e. The normalized spacial score (nSPS) is 20.8. The lowest BCUT2D eigenvalue weighted by Crippen LogP contribution is -2.50. The average molecular weight is 283 g/mol. The molecule has 104 valence electrons. The van der Waals surface area contributed by atoms with E-state index in [9.17, 15) is 4.79 Å². The molecule has 6 heteroatoms. The monoisotopic (exact) mass is 283 g/mol. The molecule has 1 aromatic heterocycles. The molecule has 2 heterocycles. The summed E-state index contributed by atoms with van der Waals surface area (Å²) in [5.74, 6) is -0.731. The number of esters is 1. The van der Waals surface area contributed by atoms with Crippen molar-refractivity contribution in [3.63, 3.8) is 0 Å². The van der Waals surface area contributed by atoms with Gasteiger partial charge in [0.2, 0.25) is 0 Å². The van der Waals surface area contributed by atoms with E-state index in [4.69, 9.17) is 26.4 Å². The zero-order valence-corrected chi connectivity index (χ0v) is 12.0. The van der Waals surface area contributed by atoms with E-state index in [2.05, 4.69) is 4.98 Å². The van der Waals surface area contributed by atoms with Crippen molar-refractivity contribution >= 4 is 18.2 Å². The van der Waals surface area contributed by atoms with Gasteiger partial charge in [-0.1, -0.05) is 12.2 Å². The van der Waals surface area contributed by atoms with Crippen molar-refractivity contribution in [1.82, 2.24) is 4.98 Å². The first-order valence-corrected chi connectivity index (χ1v) is 6.41. The topological polar surface area (TPSA) is 60.5 Å². The molecule has 5 nitrogen and oxygen atoms in total. The predicted molar refractivity (Wildman–Crippen MR) is 71.4 cm³/mol. The van der Waals surface area contributed by atoms with Crippen LogP contribution in [0.5, 0.6) is 5.75 Å². The van der Waals surface area contributed by atoms with Crippen LogP contribution in [0.3, 0.4) is 0 Å². The maximum atomic E-state index is 12.2. The molecule has 19 heavy (non-hydrogen) atoms. The number of hydrogen-bond donors (Lipinski definition) is 1. The molecule has 0 bridgehead atoms. The molecule has 0 amide bonds. The van der Waals surface area contributed by atoms with Gasteiger partial charge in [-0.15, -0.1) is 0 Å². The van der Waals surface area contributed by atoms with Crippen LogP contribution in [0.1, 0.15) is 20.8 Å². The fourth-order valence-corrected chi connectivity index (χ4v) is 1.75. The zero-order valence-electron chi connectivity index (χ0n) is 11.2. The van der Waals surface area contributed by atoms with Gasteiger partial charge in [0.1, 0.15) is 10.1 Å². The molecule has 0 aliphatic carbocycles. The highest BCUT2D eigenvalue weighted by Crippen LogP contribution is 2.31. The van der Waals surface area contributed by atoms with E-state index in [1.807, 2.05) is 13.8 Å². The van der Waals surface area contributed by atoms with Gasteiger partial charge >= 0.3 is 5.97 Å². The Morgan fingerprint density at radius 3 is 2.58 bits per heavy atom. The molecule has 0 unspecified atom stereocenters. The minimum atomic E-state index is -0.826. The molecule has 1 aromatic rings. The summed E-state index contributed by atoms with van der Waals surface area (Å²) in [5, 5.41) is 0. The lowest BCUT2D eigenvalue weighted by Gasteiger charge is -2.39. The van der Waals surface area contributed by atoms with Crippen molar-refractivity contribution in [3.8, 4) is 5.75 Å². The Hall–Kier alpha value is -1.24. The third-order valence-corrected chi connectivity index (χ3v) is 3.27. The number of aromatic nitrogens is 1. The second kappa shape index (κ2) is 5.03. The number of aromatic amines is 1. The van der Waals surface area contributed by atoms with Gasteiger partial charge in [0, 0.05) is 6.20 Å². The van der Waals surface area contributed by atoms with Crippen LogP contribution >= 0.6 is 12.2 Å². The highest BCUT2D eigenvalue weighted by molar-refractivity contribution is 7.71. The number of carbonyl (C=O) groups excluding carboxylic acids is 1. The summed E-state index contributed by atoms with van der Waals surface area (Å²) < 4.78 is 16.7. The van der Waals surface area contributed by atoms with Gasteiger partial charge in [-0.05, 0) is 32.9 Å². The first-order valence-electron chi connectivity index (χ1n) is 6.00. The van der Waals surface area contributed by atoms with Gasteiger partial charge in [-0.3, -0.25) is 4.79 Å². The van der Waals surface area contributed by atoms with Crippen molar-refractivity contribution in [3.05, 3.63) is 23.0 Å². The van der Waals surface area contributed by atoms with E-state index in [1.165, 1.54) is 0 Å². The maximum absolute atomic E-state index is 12.2. The third-order valence-electron chi connectivity index (χ3n) is 2.95. The van der Waals surface area contributed by atoms with E-state index in [0.717, 1.165) is 0 Å². The SMILES string of the molecule is CC1(C)OCC(C)(C(=O)Oc2ccc[nH]c2=S)CO1. The number of H-pyrrole nitrogens is 1. The maximum Gasteiger partial charge on any atom is 0.322 e. The van der Waals surface area contributed by atoms with Gasteiger partial charge in [-0.25, -0.2) is 0 Å². The third kappa shape index (κ3) is 3.20. The number of ether oxygens (including phenoxy) is 3. The van der Waals surface area contributed by atoms with E-state index in [-0.39, 0.29) is 13.2 Å². The van der Waals surface area contributed by atoms with Crippen molar-refractivity contribution in [2.75, 3.05) is 13.2 Å². The van der Waals surface area contributed by atoms with Crippen LogP contribution in [0.25, 0.3) is 0 Å². The molecule has 1 fully saturated rings. The number of carbonyl (C=O) groups is 1. The van der Waals surface area contributed by atoms with E-state index in [0.29, 0.717) is 10.4 Å².